The topological polar surface area (TPSA) is 75.6 Å². The van der Waals surface area contributed by atoms with E-state index in [1.54, 1.807) is 12.1 Å². The van der Waals surface area contributed by atoms with E-state index < -0.39 is 22.2 Å². The van der Waals surface area contributed by atoms with Crippen LogP contribution in [0.2, 0.25) is 0 Å². The highest BCUT2D eigenvalue weighted by Crippen LogP contribution is 2.21. The molecule has 1 aromatic rings. The van der Waals surface area contributed by atoms with Crippen molar-refractivity contribution in [2.75, 3.05) is 6.61 Å². The quantitative estimate of drug-likeness (QED) is 0.816. The predicted molar refractivity (Wildman–Crippen MR) is 80.8 cm³/mol. The fourth-order valence-corrected chi connectivity index (χ4v) is 3.88. The Morgan fingerprint density at radius 3 is 2.52 bits per heavy atom. The Labute approximate surface area is 126 Å². The minimum Gasteiger partial charge on any atom is -0.494 e. The van der Waals surface area contributed by atoms with Crippen molar-refractivity contribution >= 4 is 10.0 Å². The maximum Gasteiger partial charge on any atom is 0.240 e. The first kappa shape index (κ1) is 16.3. The van der Waals surface area contributed by atoms with Crippen molar-refractivity contribution < 1.29 is 18.3 Å². The fraction of sp³-hybridized carbons (Fsp3) is 0.600. The van der Waals surface area contributed by atoms with Gasteiger partial charge in [-0.3, -0.25) is 0 Å². The lowest BCUT2D eigenvalue weighted by Crippen LogP contribution is -2.42. The number of hydrogen-bond donors (Lipinski definition) is 2. The van der Waals surface area contributed by atoms with Gasteiger partial charge in [0, 0.05) is 6.04 Å². The molecule has 0 heterocycles. The number of ether oxygens (including phenoxy) is 1. The Bertz CT molecular complexity index is 541. The van der Waals surface area contributed by atoms with Gasteiger partial charge in [-0.05, 0) is 44.0 Å². The largest absolute Gasteiger partial charge is 0.494 e. The highest BCUT2D eigenvalue weighted by molar-refractivity contribution is 7.89. The molecule has 0 bridgehead atoms. The standard InChI is InChI=1S/C15H23NO4S/c1-2-20-12-8-10-13(11-9-12)21(18,19)16-14-6-4-3-5-7-15(14)17/h8-11,14-17H,2-7H2,1H3. The molecule has 0 saturated heterocycles. The van der Waals surface area contributed by atoms with Crippen molar-refractivity contribution in [3.63, 3.8) is 0 Å². The second-order valence-corrected chi connectivity index (χ2v) is 7.05. The van der Waals surface area contributed by atoms with E-state index in [1.807, 2.05) is 6.92 Å². The van der Waals surface area contributed by atoms with Gasteiger partial charge >= 0.3 is 0 Å². The van der Waals surface area contributed by atoms with Crippen LogP contribution >= 0.6 is 0 Å². The third-order valence-electron chi connectivity index (χ3n) is 3.73. The van der Waals surface area contributed by atoms with Crippen LogP contribution in [0.3, 0.4) is 0 Å². The monoisotopic (exact) mass is 313 g/mol. The molecule has 0 spiro atoms. The van der Waals surface area contributed by atoms with Gasteiger partial charge in [-0.1, -0.05) is 19.3 Å². The Balaban J connectivity index is 2.09. The molecule has 21 heavy (non-hydrogen) atoms. The van der Waals surface area contributed by atoms with Crippen LogP contribution in [0.1, 0.15) is 39.0 Å². The van der Waals surface area contributed by atoms with Gasteiger partial charge in [0.15, 0.2) is 0 Å². The smallest absolute Gasteiger partial charge is 0.240 e. The van der Waals surface area contributed by atoms with Crippen molar-refractivity contribution in [3.05, 3.63) is 24.3 Å². The molecular weight excluding hydrogens is 290 g/mol. The Morgan fingerprint density at radius 2 is 1.86 bits per heavy atom. The molecule has 0 amide bonds. The number of benzene rings is 1. The van der Waals surface area contributed by atoms with Crippen LogP contribution in [0.5, 0.6) is 5.75 Å². The summed E-state index contributed by atoms with van der Waals surface area (Å²) in [7, 11) is -3.61. The molecule has 1 saturated carbocycles. The van der Waals surface area contributed by atoms with Gasteiger partial charge in [0.25, 0.3) is 0 Å². The summed E-state index contributed by atoms with van der Waals surface area (Å²) in [4.78, 5) is 0.197. The molecule has 2 rings (SSSR count). The normalized spacial score (nSPS) is 23.5. The van der Waals surface area contributed by atoms with Gasteiger partial charge in [0.1, 0.15) is 5.75 Å². The molecule has 1 aliphatic carbocycles. The van der Waals surface area contributed by atoms with Crippen molar-refractivity contribution in [2.45, 2.75) is 56.1 Å². The SMILES string of the molecule is CCOc1ccc(S(=O)(=O)NC2CCCCCC2O)cc1. The van der Waals surface area contributed by atoms with Crippen molar-refractivity contribution in [1.82, 2.24) is 4.72 Å². The summed E-state index contributed by atoms with van der Waals surface area (Å²) >= 11 is 0. The van der Waals surface area contributed by atoms with Crippen LogP contribution in [-0.2, 0) is 10.0 Å². The first-order valence-corrected chi connectivity index (χ1v) is 8.94. The van der Waals surface area contributed by atoms with Gasteiger partial charge in [-0.25, -0.2) is 13.1 Å². The summed E-state index contributed by atoms with van der Waals surface area (Å²) < 4.78 is 32.7. The summed E-state index contributed by atoms with van der Waals surface area (Å²) in [5, 5.41) is 10.0. The maximum atomic E-state index is 12.4. The molecule has 0 aliphatic heterocycles. The number of rotatable bonds is 5. The van der Waals surface area contributed by atoms with Gasteiger partial charge in [0.05, 0.1) is 17.6 Å². The molecule has 118 valence electrons. The average molecular weight is 313 g/mol. The van der Waals surface area contributed by atoms with Gasteiger partial charge in [-0.15, -0.1) is 0 Å². The first-order valence-electron chi connectivity index (χ1n) is 7.46. The lowest BCUT2D eigenvalue weighted by molar-refractivity contribution is 0.130. The molecule has 2 atom stereocenters. The van der Waals surface area contributed by atoms with Crippen LogP contribution in [0, 0.1) is 0 Å². The zero-order valence-corrected chi connectivity index (χ0v) is 13.1. The molecule has 2 unspecified atom stereocenters. The fourth-order valence-electron chi connectivity index (χ4n) is 2.57. The first-order chi connectivity index (χ1) is 10.0. The zero-order valence-electron chi connectivity index (χ0n) is 12.3. The van der Waals surface area contributed by atoms with Gasteiger partial charge in [-0.2, -0.15) is 0 Å². The van der Waals surface area contributed by atoms with Crippen LogP contribution < -0.4 is 9.46 Å². The van der Waals surface area contributed by atoms with Crippen LogP contribution in [-0.4, -0.2) is 32.3 Å². The molecule has 1 aliphatic rings. The third-order valence-corrected chi connectivity index (χ3v) is 5.24. The zero-order chi connectivity index (χ0) is 15.3. The molecule has 1 aromatic carbocycles. The molecule has 1 fully saturated rings. The molecule has 6 heteroatoms. The third kappa shape index (κ3) is 4.43. The number of sulfonamides is 1. The van der Waals surface area contributed by atoms with E-state index in [1.165, 1.54) is 12.1 Å². The van der Waals surface area contributed by atoms with E-state index in [-0.39, 0.29) is 4.90 Å². The van der Waals surface area contributed by atoms with E-state index in [9.17, 15) is 13.5 Å². The van der Waals surface area contributed by atoms with Crippen LogP contribution in [0.25, 0.3) is 0 Å². The minimum absolute atomic E-state index is 0.197. The summed E-state index contributed by atoms with van der Waals surface area (Å²) in [5.74, 6) is 0.644. The van der Waals surface area contributed by atoms with Gasteiger partial charge < -0.3 is 9.84 Å². The molecular formula is C15H23NO4S. The summed E-state index contributed by atoms with van der Waals surface area (Å²) in [6, 6.07) is 5.93. The Kier molecular flexibility index (Phi) is 5.61. The van der Waals surface area contributed by atoms with E-state index in [4.69, 9.17) is 4.74 Å². The highest BCUT2D eigenvalue weighted by atomic mass is 32.2. The lowest BCUT2D eigenvalue weighted by atomic mass is 10.1. The predicted octanol–water partition coefficient (Wildman–Crippen LogP) is 2.06. The van der Waals surface area contributed by atoms with E-state index in [2.05, 4.69) is 4.72 Å². The Hall–Kier alpha value is -1.11. The summed E-state index contributed by atoms with van der Waals surface area (Å²) in [5.41, 5.74) is 0. The van der Waals surface area contributed by atoms with Crippen molar-refractivity contribution in [2.24, 2.45) is 0 Å². The summed E-state index contributed by atoms with van der Waals surface area (Å²) in [6.07, 6.45) is 3.65. The van der Waals surface area contributed by atoms with E-state index in [0.717, 1.165) is 19.3 Å². The second-order valence-electron chi connectivity index (χ2n) is 5.34. The molecule has 5 nitrogen and oxygen atoms in total. The number of nitrogens with one attached hydrogen (secondary N) is 1. The van der Waals surface area contributed by atoms with E-state index >= 15 is 0 Å². The van der Waals surface area contributed by atoms with Crippen molar-refractivity contribution in [1.29, 1.82) is 0 Å². The summed E-state index contributed by atoms with van der Waals surface area (Å²) in [6.45, 7) is 2.41. The highest BCUT2D eigenvalue weighted by Gasteiger charge is 2.27. The lowest BCUT2D eigenvalue weighted by Gasteiger charge is -2.21. The minimum atomic E-state index is -3.61. The number of aliphatic hydroxyl groups excluding tert-OH is 1. The maximum absolute atomic E-state index is 12.4. The molecule has 0 aromatic heterocycles. The van der Waals surface area contributed by atoms with Crippen LogP contribution in [0.4, 0.5) is 0 Å². The van der Waals surface area contributed by atoms with Gasteiger partial charge in [0.2, 0.25) is 10.0 Å². The molecule has 2 N–H and O–H groups in total. The van der Waals surface area contributed by atoms with Crippen LogP contribution in [0.15, 0.2) is 29.2 Å². The van der Waals surface area contributed by atoms with E-state index in [0.29, 0.717) is 25.2 Å². The number of hydrogen-bond acceptors (Lipinski definition) is 4. The average Bonchev–Trinajstić information content (AvgIpc) is 2.65. The Morgan fingerprint density at radius 1 is 1.19 bits per heavy atom. The molecule has 0 radical (unpaired) electrons. The van der Waals surface area contributed by atoms with Crippen molar-refractivity contribution in [3.8, 4) is 5.75 Å². The number of aliphatic hydroxyl groups is 1. The second kappa shape index (κ2) is 7.24.